The zero-order valence-corrected chi connectivity index (χ0v) is 9.88. The molecular weight excluding hydrogens is 212 g/mol. The lowest BCUT2D eigenvalue weighted by Gasteiger charge is -2.00. The van der Waals surface area contributed by atoms with Gasteiger partial charge in [-0.2, -0.15) is 17.0 Å². The van der Waals surface area contributed by atoms with Crippen LogP contribution in [0.4, 0.5) is 0 Å². The smallest absolute Gasteiger partial charge is 0.100 e. The highest BCUT2D eigenvalue weighted by molar-refractivity contribution is 7.98. The first-order valence-electron chi connectivity index (χ1n) is 4.54. The summed E-state index contributed by atoms with van der Waals surface area (Å²) in [5, 5.41) is 13.9. The molecule has 4 heteroatoms. The van der Waals surface area contributed by atoms with E-state index < -0.39 is 0 Å². The van der Waals surface area contributed by atoms with Crippen LogP contribution in [0, 0.1) is 11.3 Å². The fourth-order valence-corrected chi connectivity index (χ4v) is 2.30. The van der Waals surface area contributed by atoms with Crippen LogP contribution >= 0.6 is 23.1 Å². The summed E-state index contributed by atoms with van der Waals surface area (Å²) in [5.74, 6) is 1.21. The minimum absolute atomic E-state index is 0.774. The summed E-state index contributed by atoms with van der Waals surface area (Å²) in [7, 11) is 0. The van der Waals surface area contributed by atoms with Crippen molar-refractivity contribution in [2.75, 3.05) is 18.6 Å². The Balaban J connectivity index is 2.16. The topological polar surface area (TPSA) is 35.8 Å². The lowest BCUT2D eigenvalue weighted by Crippen LogP contribution is -2.14. The SMILES string of the molecule is CSCCCNCc1cc(C#N)cs1. The molecule has 0 fully saturated rings. The first kappa shape index (κ1) is 11.6. The van der Waals surface area contributed by atoms with Gasteiger partial charge in [0.15, 0.2) is 0 Å². The van der Waals surface area contributed by atoms with Crippen molar-refractivity contribution in [3.8, 4) is 6.07 Å². The van der Waals surface area contributed by atoms with E-state index in [-0.39, 0.29) is 0 Å². The van der Waals surface area contributed by atoms with Crippen LogP contribution in [0.1, 0.15) is 16.9 Å². The van der Waals surface area contributed by atoms with E-state index in [1.54, 1.807) is 11.3 Å². The fourth-order valence-electron chi connectivity index (χ4n) is 1.09. The zero-order valence-electron chi connectivity index (χ0n) is 8.25. The van der Waals surface area contributed by atoms with Crippen molar-refractivity contribution in [1.29, 1.82) is 5.26 Å². The van der Waals surface area contributed by atoms with E-state index in [0.717, 1.165) is 18.7 Å². The van der Waals surface area contributed by atoms with Crippen LogP contribution in [0.3, 0.4) is 0 Å². The molecule has 0 aromatic carbocycles. The highest BCUT2D eigenvalue weighted by Crippen LogP contribution is 2.13. The highest BCUT2D eigenvalue weighted by Gasteiger charge is 1.97. The van der Waals surface area contributed by atoms with Crippen molar-refractivity contribution in [2.45, 2.75) is 13.0 Å². The first-order valence-corrected chi connectivity index (χ1v) is 6.81. The summed E-state index contributed by atoms with van der Waals surface area (Å²) in [5.41, 5.74) is 0.774. The molecule has 0 bridgehead atoms. The van der Waals surface area contributed by atoms with Crippen molar-refractivity contribution >= 4 is 23.1 Å². The molecule has 1 heterocycles. The predicted octanol–water partition coefficient (Wildman–Crippen LogP) is 2.46. The van der Waals surface area contributed by atoms with E-state index in [4.69, 9.17) is 5.26 Å². The summed E-state index contributed by atoms with van der Waals surface area (Å²) in [6, 6.07) is 4.09. The summed E-state index contributed by atoms with van der Waals surface area (Å²) in [6.07, 6.45) is 3.33. The summed E-state index contributed by atoms with van der Waals surface area (Å²) < 4.78 is 0. The molecule has 0 radical (unpaired) electrons. The molecule has 14 heavy (non-hydrogen) atoms. The maximum absolute atomic E-state index is 8.63. The predicted molar refractivity (Wildman–Crippen MR) is 63.7 cm³/mol. The van der Waals surface area contributed by atoms with E-state index in [2.05, 4.69) is 17.6 Å². The van der Waals surface area contributed by atoms with Gasteiger partial charge in [0, 0.05) is 16.8 Å². The molecule has 0 saturated heterocycles. The van der Waals surface area contributed by atoms with E-state index in [0.29, 0.717) is 0 Å². The Morgan fingerprint density at radius 3 is 3.14 bits per heavy atom. The van der Waals surface area contributed by atoms with Gasteiger partial charge in [-0.1, -0.05) is 0 Å². The van der Waals surface area contributed by atoms with Gasteiger partial charge in [-0.05, 0) is 31.0 Å². The van der Waals surface area contributed by atoms with Crippen LogP contribution in [0.2, 0.25) is 0 Å². The molecule has 1 rings (SSSR count). The molecule has 1 aromatic heterocycles. The standard InChI is InChI=1S/C10H14N2S2/c1-13-4-2-3-12-7-10-5-9(6-11)8-14-10/h5,8,12H,2-4,7H2,1H3. The Labute approximate surface area is 93.3 Å². The third kappa shape index (κ3) is 4.14. The second-order valence-electron chi connectivity index (χ2n) is 2.94. The summed E-state index contributed by atoms with van der Waals surface area (Å²) in [4.78, 5) is 1.24. The van der Waals surface area contributed by atoms with Gasteiger partial charge in [0.05, 0.1) is 5.56 Å². The van der Waals surface area contributed by atoms with Crippen LogP contribution < -0.4 is 5.32 Å². The van der Waals surface area contributed by atoms with Crippen LogP contribution in [-0.4, -0.2) is 18.6 Å². The summed E-state index contributed by atoms with van der Waals surface area (Å²) in [6.45, 7) is 1.95. The minimum atomic E-state index is 0.774. The third-order valence-electron chi connectivity index (χ3n) is 1.78. The number of nitrogens with zero attached hydrogens (tertiary/aromatic N) is 1. The number of thioether (sulfide) groups is 1. The van der Waals surface area contributed by atoms with Gasteiger partial charge < -0.3 is 5.32 Å². The molecule has 0 aliphatic heterocycles. The number of rotatable bonds is 6. The van der Waals surface area contributed by atoms with Crippen molar-refractivity contribution < 1.29 is 0 Å². The van der Waals surface area contributed by atoms with E-state index >= 15 is 0 Å². The van der Waals surface area contributed by atoms with Crippen LogP contribution in [0.25, 0.3) is 0 Å². The Bertz CT molecular complexity index is 301. The Morgan fingerprint density at radius 2 is 2.50 bits per heavy atom. The summed E-state index contributed by atoms with van der Waals surface area (Å²) >= 11 is 3.52. The van der Waals surface area contributed by atoms with Gasteiger partial charge in [-0.15, -0.1) is 11.3 Å². The molecule has 0 aliphatic carbocycles. The first-order chi connectivity index (χ1) is 6.86. The van der Waals surface area contributed by atoms with Crippen molar-refractivity contribution in [1.82, 2.24) is 5.32 Å². The Morgan fingerprint density at radius 1 is 1.64 bits per heavy atom. The molecular formula is C10H14N2S2. The molecule has 1 N–H and O–H groups in total. The maximum Gasteiger partial charge on any atom is 0.100 e. The van der Waals surface area contributed by atoms with Gasteiger partial charge in [0.1, 0.15) is 6.07 Å². The van der Waals surface area contributed by atoms with Crippen molar-refractivity contribution in [3.63, 3.8) is 0 Å². The molecule has 2 nitrogen and oxygen atoms in total. The number of thiophene rings is 1. The lowest BCUT2D eigenvalue weighted by atomic mass is 10.3. The molecule has 0 aliphatic rings. The highest BCUT2D eigenvalue weighted by atomic mass is 32.2. The molecule has 0 unspecified atom stereocenters. The number of hydrogen-bond acceptors (Lipinski definition) is 4. The van der Waals surface area contributed by atoms with Crippen LogP contribution in [0.15, 0.2) is 11.4 Å². The van der Waals surface area contributed by atoms with Crippen molar-refractivity contribution in [3.05, 3.63) is 21.9 Å². The quantitative estimate of drug-likeness (QED) is 0.757. The molecule has 76 valence electrons. The average Bonchev–Trinajstić information content (AvgIpc) is 2.65. The molecule has 0 spiro atoms. The normalized spacial score (nSPS) is 10.0. The third-order valence-corrected chi connectivity index (χ3v) is 3.42. The molecule has 0 amide bonds. The van der Waals surface area contributed by atoms with Crippen LogP contribution in [-0.2, 0) is 6.54 Å². The second-order valence-corrected chi connectivity index (χ2v) is 4.92. The fraction of sp³-hybridized carbons (Fsp3) is 0.500. The molecule has 0 atom stereocenters. The minimum Gasteiger partial charge on any atom is -0.312 e. The Hall–Kier alpha value is -0.500. The van der Waals surface area contributed by atoms with Crippen molar-refractivity contribution in [2.24, 2.45) is 0 Å². The van der Waals surface area contributed by atoms with Gasteiger partial charge in [-0.3, -0.25) is 0 Å². The van der Waals surface area contributed by atoms with Gasteiger partial charge in [0.2, 0.25) is 0 Å². The number of nitrogens with one attached hydrogen (secondary N) is 1. The van der Waals surface area contributed by atoms with E-state index in [1.165, 1.54) is 17.1 Å². The van der Waals surface area contributed by atoms with Gasteiger partial charge in [0.25, 0.3) is 0 Å². The molecule has 1 aromatic rings. The molecule has 0 saturated carbocycles. The average molecular weight is 226 g/mol. The maximum atomic E-state index is 8.63. The van der Waals surface area contributed by atoms with Crippen LogP contribution in [0.5, 0.6) is 0 Å². The second kappa shape index (κ2) is 6.88. The Kier molecular flexibility index (Phi) is 5.69. The van der Waals surface area contributed by atoms with Gasteiger partial charge >= 0.3 is 0 Å². The largest absolute Gasteiger partial charge is 0.312 e. The van der Waals surface area contributed by atoms with E-state index in [9.17, 15) is 0 Å². The number of hydrogen-bond donors (Lipinski definition) is 1. The van der Waals surface area contributed by atoms with Gasteiger partial charge in [-0.25, -0.2) is 0 Å². The zero-order chi connectivity index (χ0) is 10.2. The number of nitriles is 1. The lowest BCUT2D eigenvalue weighted by molar-refractivity contribution is 0.685. The monoisotopic (exact) mass is 226 g/mol. The van der Waals surface area contributed by atoms with E-state index in [1.807, 2.05) is 23.2 Å².